The molecular formula is C15H20BrClN2O. The van der Waals surface area contributed by atoms with Gasteiger partial charge in [0.2, 0.25) is 0 Å². The highest BCUT2D eigenvalue weighted by Gasteiger charge is 2.34. The van der Waals surface area contributed by atoms with Crippen molar-refractivity contribution in [2.75, 3.05) is 26.2 Å². The van der Waals surface area contributed by atoms with E-state index in [2.05, 4.69) is 21.2 Å². The summed E-state index contributed by atoms with van der Waals surface area (Å²) in [7, 11) is 0. The first kappa shape index (κ1) is 15.8. The van der Waals surface area contributed by atoms with Gasteiger partial charge in [-0.3, -0.25) is 4.79 Å². The Morgan fingerprint density at radius 2 is 2.10 bits per heavy atom. The fraction of sp³-hybridized carbons (Fsp3) is 0.533. The van der Waals surface area contributed by atoms with Crippen molar-refractivity contribution in [2.24, 2.45) is 11.8 Å². The molecule has 2 saturated heterocycles. The van der Waals surface area contributed by atoms with E-state index < -0.39 is 0 Å². The van der Waals surface area contributed by atoms with Crippen molar-refractivity contribution in [3.8, 4) is 0 Å². The van der Waals surface area contributed by atoms with Crippen LogP contribution in [0.25, 0.3) is 0 Å². The molecule has 20 heavy (non-hydrogen) atoms. The molecule has 110 valence electrons. The van der Waals surface area contributed by atoms with Crippen LogP contribution in [-0.4, -0.2) is 37.0 Å². The van der Waals surface area contributed by atoms with Gasteiger partial charge in [0.05, 0.1) is 0 Å². The maximum atomic E-state index is 12.6. The zero-order chi connectivity index (χ0) is 13.4. The zero-order valence-electron chi connectivity index (χ0n) is 11.6. The van der Waals surface area contributed by atoms with E-state index in [9.17, 15) is 4.79 Å². The Balaban J connectivity index is 0.00000147. The summed E-state index contributed by atoms with van der Waals surface area (Å²) < 4.78 is 1.01. The van der Waals surface area contributed by atoms with Crippen molar-refractivity contribution in [1.29, 1.82) is 0 Å². The van der Waals surface area contributed by atoms with Gasteiger partial charge < -0.3 is 10.2 Å². The summed E-state index contributed by atoms with van der Waals surface area (Å²) in [6.07, 6.45) is 1.14. The van der Waals surface area contributed by atoms with Crippen molar-refractivity contribution in [3.63, 3.8) is 0 Å². The largest absolute Gasteiger partial charge is 0.338 e. The first-order valence-corrected chi connectivity index (χ1v) is 7.71. The van der Waals surface area contributed by atoms with Gasteiger partial charge in [-0.25, -0.2) is 0 Å². The van der Waals surface area contributed by atoms with E-state index in [0.717, 1.165) is 54.1 Å². The highest BCUT2D eigenvalue weighted by atomic mass is 79.9. The number of carbonyl (C=O) groups excluding carboxylic acids is 1. The van der Waals surface area contributed by atoms with Crippen LogP contribution < -0.4 is 5.32 Å². The second-order valence-corrected chi connectivity index (χ2v) is 6.48. The van der Waals surface area contributed by atoms with Crippen LogP contribution in [0.4, 0.5) is 0 Å². The Labute approximate surface area is 134 Å². The average molecular weight is 360 g/mol. The number of piperidine rings is 1. The number of rotatable bonds is 1. The van der Waals surface area contributed by atoms with Crippen molar-refractivity contribution in [2.45, 2.75) is 13.3 Å². The van der Waals surface area contributed by atoms with Crippen molar-refractivity contribution in [1.82, 2.24) is 10.2 Å². The summed E-state index contributed by atoms with van der Waals surface area (Å²) in [6, 6.07) is 5.86. The molecule has 5 heteroatoms. The smallest absolute Gasteiger partial charge is 0.254 e. The predicted molar refractivity (Wildman–Crippen MR) is 86.5 cm³/mol. The van der Waals surface area contributed by atoms with Gasteiger partial charge in [-0.2, -0.15) is 0 Å². The Hall–Kier alpha value is -0.580. The highest BCUT2D eigenvalue weighted by molar-refractivity contribution is 9.10. The van der Waals surface area contributed by atoms with Crippen LogP contribution in [-0.2, 0) is 0 Å². The third-order valence-corrected chi connectivity index (χ3v) is 5.35. The lowest BCUT2D eigenvalue weighted by molar-refractivity contribution is 0.0641. The number of carbonyl (C=O) groups is 1. The quantitative estimate of drug-likeness (QED) is 0.836. The molecule has 0 aromatic heterocycles. The standard InChI is InChI=1S/C15H19BrN2O.ClH/c1-10-13(3-2-4-14(10)16)15(19)18-6-5-11-7-17-8-12(11)9-18;/h2-4,11-12,17H,5-9H2,1H3;1H. The van der Waals surface area contributed by atoms with Gasteiger partial charge >= 0.3 is 0 Å². The van der Waals surface area contributed by atoms with Crippen LogP contribution in [0.3, 0.4) is 0 Å². The van der Waals surface area contributed by atoms with Crippen LogP contribution in [0.15, 0.2) is 22.7 Å². The summed E-state index contributed by atoms with van der Waals surface area (Å²) in [4.78, 5) is 14.7. The molecule has 0 spiro atoms. The number of hydrogen-bond acceptors (Lipinski definition) is 2. The lowest BCUT2D eigenvalue weighted by Crippen LogP contribution is -2.43. The van der Waals surface area contributed by atoms with Crippen LogP contribution in [0.1, 0.15) is 22.3 Å². The van der Waals surface area contributed by atoms with Gasteiger partial charge in [0, 0.05) is 23.1 Å². The van der Waals surface area contributed by atoms with Crippen molar-refractivity contribution in [3.05, 3.63) is 33.8 Å². The van der Waals surface area contributed by atoms with Gasteiger partial charge in [0.25, 0.3) is 5.91 Å². The summed E-state index contributed by atoms with van der Waals surface area (Å²) >= 11 is 3.50. The molecule has 1 aromatic carbocycles. The first-order chi connectivity index (χ1) is 9.16. The molecule has 2 unspecified atom stereocenters. The Kier molecular flexibility index (Phi) is 5.10. The molecule has 3 rings (SSSR count). The molecule has 1 amide bonds. The number of likely N-dealkylation sites (tertiary alicyclic amines) is 1. The number of nitrogens with one attached hydrogen (secondary N) is 1. The number of benzene rings is 1. The third-order valence-electron chi connectivity index (χ3n) is 4.49. The summed E-state index contributed by atoms with van der Waals surface area (Å²) in [5.74, 6) is 1.60. The Bertz CT molecular complexity index is 509. The average Bonchev–Trinajstić information content (AvgIpc) is 2.88. The lowest BCUT2D eigenvalue weighted by Gasteiger charge is -2.34. The minimum Gasteiger partial charge on any atom is -0.338 e. The van der Waals surface area contributed by atoms with Crippen LogP contribution in [0.5, 0.6) is 0 Å². The Morgan fingerprint density at radius 1 is 1.35 bits per heavy atom. The number of halogens is 2. The maximum absolute atomic E-state index is 12.6. The first-order valence-electron chi connectivity index (χ1n) is 6.92. The fourth-order valence-corrected chi connectivity index (χ4v) is 3.60. The number of nitrogens with zero attached hydrogens (tertiary/aromatic N) is 1. The van der Waals surface area contributed by atoms with E-state index in [1.54, 1.807) is 0 Å². The topological polar surface area (TPSA) is 32.3 Å². The molecule has 1 N–H and O–H groups in total. The van der Waals surface area contributed by atoms with E-state index in [1.165, 1.54) is 0 Å². The van der Waals surface area contributed by atoms with Crippen molar-refractivity contribution >= 4 is 34.2 Å². The maximum Gasteiger partial charge on any atom is 0.254 e. The van der Waals surface area contributed by atoms with Gasteiger partial charge in [0.1, 0.15) is 0 Å². The minimum absolute atomic E-state index is 0. The number of fused-ring (bicyclic) bond motifs is 1. The van der Waals surface area contributed by atoms with E-state index in [0.29, 0.717) is 5.92 Å². The summed E-state index contributed by atoms with van der Waals surface area (Å²) in [5, 5.41) is 3.44. The predicted octanol–water partition coefficient (Wildman–Crippen LogP) is 2.86. The lowest BCUT2D eigenvalue weighted by atomic mass is 9.88. The van der Waals surface area contributed by atoms with Crippen LogP contribution >= 0.6 is 28.3 Å². The third kappa shape index (κ3) is 2.87. The van der Waals surface area contributed by atoms with E-state index >= 15 is 0 Å². The molecule has 0 aliphatic carbocycles. The number of hydrogen-bond donors (Lipinski definition) is 1. The van der Waals surface area contributed by atoms with Crippen molar-refractivity contribution < 1.29 is 4.79 Å². The molecule has 2 aliphatic rings. The second kappa shape index (κ2) is 6.46. The van der Waals surface area contributed by atoms with Gasteiger partial charge in [0.15, 0.2) is 0 Å². The molecule has 3 nitrogen and oxygen atoms in total. The number of amides is 1. The van der Waals surface area contributed by atoms with Gasteiger partial charge in [-0.1, -0.05) is 22.0 Å². The highest BCUT2D eigenvalue weighted by Crippen LogP contribution is 2.28. The van der Waals surface area contributed by atoms with E-state index in [4.69, 9.17) is 0 Å². The minimum atomic E-state index is 0. The van der Waals surface area contributed by atoms with Crippen LogP contribution in [0.2, 0.25) is 0 Å². The molecule has 0 saturated carbocycles. The van der Waals surface area contributed by atoms with Gasteiger partial charge in [-0.05, 0) is 56.0 Å². The molecule has 2 aliphatic heterocycles. The summed E-state index contributed by atoms with van der Waals surface area (Å²) in [6.45, 7) is 5.99. The molecule has 0 bridgehead atoms. The van der Waals surface area contributed by atoms with E-state index in [1.807, 2.05) is 30.0 Å². The summed E-state index contributed by atoms with van der Waals surface area (Å²) in [5.41, 5.74) is 1.87. The second-order valence-electron chi connectivity index (χ2n) is 5.63. The molecule has 2 atom stereocenters. The molecule has 0 radical (unpaired) electrons. The zero-order valence-corrected chi connectivity index (χ0v) is 14.0. The molecular weight excluding hydrogens is 340 g/mol. The monoisotopic (exact) mass is 358 g/mol. The molecule has 2 heterocycles. The fourth-order valence-electron chi connectivity index (χ4n) is 3.23. The van der Waals surface area contributed by atoms with Crippen LogP contribution in [0, 0.1) is 18.8 Å². The normalized spacial score (nSPS) is 25.0. The SMILES string of the molecule is Cc1c(Br)cccc1C(=O)N1CCC2CNCC2C1.Cl. The molecule has 2 fully saturated rings. The Morgan fingerprint density at radius 3 is 2.90 bits per heavy atom. The molecule has 1 aromatic rings. The van der Waals surface area contributed by atoms with E-state index in [-0.39, 0.29) is 18.3 Å². The van der Waals surface area contributed by atoms with Gasteiger partial charge in [-0.15, -0.1) is 12.4 Å².